The highest BCUT2D eigenvalue weighted by molar-refractivity contribution is 9.12. The quantitative estimate of drug-likeness (QED) is 0.786. The minimum Gasteiger partial charge on any atom is -0.312 e. The molecule has 1 aromatic rings. The van der Waals surface area contributed by atoms with Crippen molar-refractivity contribution in [2.24, 2.45) is 5.92 Å². The summed E-state index contributed by atoms with van der Waals surface area (Å²) in [6, 6.07) is 2.00. The number of hydrogen-bond acceptors (Lipinski definition) is 4. The van der Waals surface area contributed by atoms with Crippen LogP contribution in [0.4, 0.5) is 0 Å². The van der Waals surface area contributed by atoms with Gasteiger partial charge in [-0.05, 0) is 63.2 Å². The number of piperidine rings is 1. The number of nitrogens with one attached hydrogen (secondary N) is 1. The molecule has 3 rings (SSSR count). The summed E-state index contributed by atoms with van der Waals surface area (Å²) in [6.07, 6.45) is 2.26. The van der Waals surface area contributed by atoms with Gasteiger partial charge >= 0.3 is 0 Å². The molecule has 19 heavy (non-hydrogen) atoms. The van der Waals surface area contributed by atoms with E-state index in [1.165, 1.54) is 11.3 Å². The first-order valence-corrected chi connectivity index (χ1v) is 10.0. The van der Waals surface area contributed by atoms with Crippen molar-refractivity contribution in [1.82, 2.24) is 9.62 Å². The van der Waals surface area contributed by atoms with Crippen molar-refractivity contribution in [2.75, 3.05) is 19.6 Å². The molecule has 0 saturated carbocycles. The van der Waals surface area contributed by atoms with Crippen LogP contribution in [0.2, 0.25) is 0 Å². The molecule has 2 fully saturated rings. The molecule has 2 aliphatic rings. The first kappa shape index (κ1) is 14.5. The van der Waals surface area contributed by atoms with Crippen LogP contribution >= 0.6 is 43.2 Å². The smallest absolute Gasteiger partial charge is 0.245 e. The molecule has 8 heteroatoms. The van der Waals surface area contributed by atoms with Gasteiger partial charge in [0.05, 0.1) is 7.57 Å². The summed E-state index contributed by atoms with van der Waals surface area (Å²) >= 11 is 8.07. The molecule has 1 aromatic heterocycles. The average molecular weight is 430 g/mol. The van der Waals surface area contributed by atoms with Crippen LogP contribution in [0.5, 0.6) is 0 Å². The van der Waals surface area contributed by atoms with E-state index >= 15 is 0 Å². The van der Waals surface area contributed by atoms with E-state index in [4.69, 9.17) is 0 Å². The topological polar surface area (TPSA) is 49.4 Å². The SMILES string of the molecule is O=S(=O)(c1cc(Br)sc1Br)N1C[C@@H]2CCCN[C@@H]2C1. The molecule has 0 amide bonds. The Balaban J connectivity index is 1.87. The number of sulfonamides is 1. The molecular formula is C11H14Br2N2O2S2. The van der Waals surface area contributed by atoms with Crippen molar-refractivity contribution >= 4 is 53.2 Å². The number of hydrogen-bond donors (Lipinski definition) is 1. The number of rotatable bonds is 2. The van der Waals surface area contributed by atoms with Crippen molar-refractivity contribution in [3.63, 3.8) is 0 Å². The Morgan fingerprint density at radius 2 is 2.16 bits per heavy atom. The first-order valence-electron chi connectivity index (χ1n) is 6.17. The third-order valence-corrected chi connectivity index (χ3v) is 8.40. The van der Waals surface area contributed by atoms with Crippen LogP contribution < -0.4 is 5.32 Å². The Morgan fingerprint density at radius 3 is 2.79 bits per heavy atom. The van der Waals surface area contributed by atoms with E-state index in [2.05, 4.69) is 37.2 Å². The second kappa shape index (κ2) is 5.38. The van der Waals surface area contributed by atoms with Gasteiger partial charge in [0.15, 0.2) is 0 Å². The lowest BCUT2D eigenvalue weighted by atomic mass is 9.94. The standard InChI is InChI=1S/C11H14Br2N2O2S2/c12-10-4-9(11(13)18-10)19(16,17)15-5-7-2-1-3-14-8(7)6-15/h4,7-8,14H,1-3,5-6H2/t7-,8+/m0/s1. The van der Waals surface area contributed by atoms with Crippen molar-refractivity contribution in [1.29, 1.82) is 0 Å². The zero-order valence-electron chi connectivity index (χ0n) is 10.1. The van der Waals surface area contributed by atoms with E-state index in [0.29, 0.717) is 33.7 Å². The maximum Gasteiger partial charge on any atom is 0.245 e. The molecule has 4 nitrogen and oxygen atoms in total. The zero-order chi connectivity index (χ0) is 13.6. The van der Waals surface area contributed by atoms with Crippen LogP contribution in [0, 0.1) is 5.92 Å². The van der Waals surface area contributed by atoms with E-state index in [1.807, 2.05) is 0 Å². The number of nitrogens with zero attached hydrogens (tertiary/aromatic N) is 1. The predicted molar refractivity (Wildman–Crippen MR) is 83.0 cm³/mol. The van der Waals surface area contributed by atoms with Gasteiger partial charge < -0.3 is 5.32 Å². The molecule has 106 valence electrons. The van der Waals surface area contributed by atoms with Crippen LogP contribution in [-0.4, -0.2) is 38.4 Å². The largest absolute Gasteiger partial charge is 0.312 e. The Hall–Kier alpha value is 0.530. The van der Waals surface area contributed by atoms with Gasteiger partial charge in [0.25, 0.3) is 0 Å². The van der Waals surface area contributed by atoms with Crippen LogP contribution in [0.3, 0.4) is 0 Å². The summed E-state index contributed by atoms with van der Waals surface area (Å²) in [5.74, 6) is 0.462. The lowest BCUT2D eigenvalue weighted by Crippen LogP contribution is -2.41. The van der Waals surface area contributed by atoms with Gasteiger partial charge in [-0.3, -0.25) is 0 Å². The van der Waals surface area contributed by atoms with E-state index in [0.717, 1.165) is 23.2 Å². The minimum absolute atomic E-state index is 0.323. The highest BCUT2D eigenvalue weighted by Gasteiger charge is 2.41. The van der Waals surface area contributed by atoms with Crippen molar-refractivity contribution < 1.29 is 8.42 Å². The van der Waals surface area contributed by atoms with Crippen molar-refractivity contribution in [2.45, 2.75) is 23.8 Å². The summed E-state index contributed by atoms with van der Waals surface area (Å²) in [6.45, 7) is 2.23. The third-order valence-electron chi connectivity index (χ3n) is 3.81. The lowest BCUT2D eigenvalue weighted by molar-refractivity contribution is 0.339. The van der Waals surface area contributed by atoms with E-state index in [-0.39, 0.29) is 0 Å². The fourth-order valence-electron chi connectivity index (χ4n) is 2.84. The van der Waals surface area contributed by atoms with Gasteiger partial charge in [0.1, 0.15) is 4.90 Å². The first-order chi connectivity index (χ1) is 8.98. The van der Waals surface area contributed by atoms with Crippen molar-refractivity contribution in [3.05, 3.63) is 13.6 Å². The third kappa shape index (κ3) is 2.67. The molecule has 0 bridgehead atoms. The Labute approximate surface area is 133 Å². The fourth-order valence-corrected chi connectivity index (χ4v) is 8.13. The Kier molecular flexibility index (Phi) is 4.10. The lowest BCUT2D eigenvalue weighted by Gasteiger charge is -2.24. The van der Waals surface area contributed by atoms with Gasteiger partial charge in [-0.15, -0.1) is 11.3 Å². The predicted octanol–water partition coefficient (Wildman–Crippen LogP) is 2.65. The summed E-state index contributed by atoms with van der Waals surface area (Å²) in [5, 5.41) is 3.43. The van der Waals surface area contributed by atoms with Crippen molar-refractivity contribution in [3.8, 4) is 0 Å². The maximum atomic E-state index is 12.7. The minimum atomic E-state index is -3.38. The normalized spacial score (nSPS) is 28.5. The zero-order valence-corrected chi connectivity index (χ0v) is 14.9. The van der Waals surface area contributed by atoms with Crippen LogP contribution in [0.1, 0.15) is 12.8 Å². The summed E-state index contributed by atoms with van der Waals surface area (Å²) in [4.78, 5) is 0.378. The Morgan fingerprint density at radius 1 is 1.37 bits per heavy atom. The maximum absolute atomic E-state index is 12.7. The monoisotopic (exact) mass is 428 g/mol. The molecule has 3 heterocycles. The van der Waals surface area contributed by atoms with Gasteiger partial charge in [0, 0.05) is 19.1 Å². The summed E-state index contributed by atoms with van der Waals surface area (Å²) in [5.41, 5.74) is 0. The molecule has 1 N–H and O–H groups in total. The van der Waals surface area contributed by atoms with Gasteiger partial charge in [0.2, 0.25) is 10.0 Å². The molecule has 2 aliphatic heterocycles. The molecule has 0 aromatic carbocycles. The highest BCUT2D eigenvalue weighted by Crippen LogP contribution is 2.38. The second-order valence-corrected chi connectivity index (χ2v) is 10.6. The van der Waals surface area contributed by atoms with E-state index in [9.17, 15) is 8.42 Å². The molecule has 0 radical (unpaired) electrons. The van der Waals surface area contributed by atoms with E-state index < -0.39 is 10.0 Å². The van der Waals surface area contributed by atoms with Crippen LogP contribution in [-0.2, 0) is 10.0 Å². The average Bonchev–Trinajstić information content (AvgIpc) is 2.92. The van der Waals surface area contributed by atoms with Gasteiger partial charge in [-0.1, -0.05) is 0 Å². The molecule has 0 spiro atoms. The molecular weight excluding hydrogens is 416 g/mol. The van der Waals surface area contributed by atoms with Gasteiger partial charge in [-0.25, -0.2) is 8.42 Å². The van der Waals surface area contributed by atoms with E-state index in [1.54, 1.807) is 10.4 Å². The highest BCUT2D eigenvalue weighted by atomic mass is 79.9. The number of halogens is 2. The summed E-state index contributed by atoms with van der Waals surface area (Å²) < 4.78 is 28.5. The molecule has 0 unspecified atom stereocenters. The summed E-state index contributed by atoms with van der Waals surface area (Å²) in [7, 11) is -3.38. The molecule has 0 aliphatic carbocycles. The number of fused-ring (bicyclic) bond motifs is 1. The van der Waals surface area contributed by atoms with Gasteiger partial charge in [-0.2, -0.15) is 4.31 Å². The molecule has 2 saturated heterocycles. The van der Waals surface area contributed by atoms with Crippen LogP contribution in [0.15, 0.2) is 18.5 Å². The molecule has 2 atom stereocenters. The fraction of sp³-hybridized carbons (Fsp3) is 0.636. The number of thiophene rings is 1. The second-order valence-electron chi connectivity index (χ2n) is 4.97. The van der Waals surface area contributed by atoms with Crippen LogP contribution in [0.25, 0.3) is 0 Å². The Bertz CT molecular complexity index is 574.